The van der Waals surface area contributed by atoms with Crippen molar-refractivity contribution in [1.82, 2.24) is 5.43 Å². The number of anilines is 1. The molecule has 2 aromatic rings. The lowest BCUT2D eigenvalue weighted by molar-refractivity contribution is -0.385. The van der Waals surface area contributed by atoms with Gasteiger partial charge in [0.25, 0.3) is 5.69 Å². The summed E-state index contributed by atoms with van der Waals surface area (Å²) in [5, 5.41) is 21.9. The molecule has 0 aromatic heterocycles. The van der Waals surface area contributed by atoms with Gasteiger partial charge in [-0.05, 0) is 30.3 Å². The van der Waals surface area contributed by atoms with Gasteiger partial charge in [-0.1, -0.05) is 12.1 Å². The van der Waals surface area contributed by atoms with Gasteiger partial charge in [-0.2, -0.15) is 5.10 Å². The van der Waals surface area contributed by atoms with Gasteiger partial charge in [0.05, 0.1) is 21.6 Å². The smallest absolute Gasteiger partial charge is 0.307 e. The van der Waals surface area contributed by atoms with E-state index in [9.17, 15) is 23.3 Å². The summed E-state index contributed by atoms with van der Waals surface area (Å²) in [7, 11) is -3.81. The molecule has 2 amide bonds. The van der Waals surface area contributed by atoms with Gasteiger partial charge in [-0.3, -0.25) is 10.1 Å². The summed E-state index contributed by atoms with van der Waals surface area (Å²) in [5.74, 6) is 0. The Kier molecular flexibility index (Phi) is 5.41. The second-order valence-electron chi connectivity index (χ2n) is 4.71. The zero-order chi connectivity index (χ0) is 18.4. The van der Waals surface area contributed by atoms with Gasteiger partial charge < -0.3 is 5.32 Å². The molecule has 0 unspecified atom stereocenters. The number of hydrazone groups is 1. The zero-order valence-electron chi connectivity index (χ0n) is 12.6. The minimum atomic E-state index is -3.81. The largest absolute Gasteiger partial charge is 0.339 e. The number of rotatable bonds is 5. The highest BCUT2D eigenvalue weighted by molar-refractivity contribution is 7.89. The Hall–Kier alpha value is -3.31. The van der Waals surface area contributed by atoms with Crippen molar-refractivity contribution in [3.63, 3.8) is 0 Å². The van der Waals surface area contributed by atoms with E-state index in [-0.39, 0.29) is 16.1 Å². The molecule has 2 rings (SSSR count). The molecule has 0 bridgehead atoms. The third kappa shape index (κ3) is 5.09. The number of urea groups is 1. The van der Waals surface area contributed by atoms with Gasteiger partial charge in [0, 0.05) is 11.8 Å². The fourth-order valence-electron chi connectivity index (χ4n) is 1.81. The topological polar surface area (TPSA) is 157 Å². The standard InChI is InChI=1S/C14H13N5O5S/c15-25(23,24)12-7-5-11(6-8-12)17-14(20)18-16-9-10-3-1-2-4-13(10)19(21)22/h1-9H,(H2,15,23,24)(H2,17,18,20). The molecule has 10 nitrogen and oxygen atoms in total. The summed E-state index contributed by atoms with van der Waals surface area (Å²) in [6, 6.07) is 10.4. The van der Waals surface area contributed by atoms with E-state index in [0.29, 0.717) is 5.69 Å². The number of benzene rings is 2. The third-order valence-electron chi connectivity index (χ3n) is 2.94. The van der Waals surface area contributed by atoms with Crippen LogP contribution in [0.25, 0.3) is 0 Å². The number of hydrogen-bond acceptors (Lipinski definition) is 6. The molecule has 2 aromatic carbocycles. The molecule has 0 heterocycles. The first-order valence-corrected chi connectivity index (χ1v) is 8.28. The Morgan fingerprint density at radius 1 is 1.16 bits per heavy atom. The van der Waals surface area contributed by atoms with Crippen LogP contribution in [0.3, 0.4) is 0 Å². The normalized spacial score (nSPS) is 11.2. The third-order valence-corrected chi connectivity index (χ3v) is 3.87. The molecule has 0 saturated carbocycles. The molecule has 0 aliphatic carbocycles. The van der Waals surface area contributed by atoms with Crippen LogP contribution in [-0.4, -0.2) is 25.6 Å². The number of nitrogens with zero attached hydrogens (tertiary/aromatic N) is 2. The Labute approximate surface area is 142 Å². The second kappa shape index (κ2) is 7.51. The van der Waals surface area contributed by atoms with Crippen molar-refractivity contribution < 1.29 is 18.1 Å². The molecule has 130 valence electrons. The van der Waals surface area contributed by atoms with E-state index in [1.165, 1.54) is 42.5 Å². The molecule has 11 heteroatoms. The quantitative estimate of drug-likeness (QED) is 0.415. The highest BCUT2D eigenvalue weighted by atomic mass is 32.2. The van der Waals surface area contributed by atoms with Gasteiger partial charge in [-0.25, -0.2) is 23.8 Å². The SMILES string of the molecule is NS(=O)(=O)c1ccc(NC(=O)NN=Cc2ccccc2[N+](=O)[O-])cc1. The van der Waals surface area contributed by atoms with Crippen molar-refractivity contribution in [2.45, 2.75) is 4.90 Å². The van der Waals surface area contributed by atoms with Crippen LogP contribution in [0.5, 0.6) is 0 Å². The number of nitrogens with two attached hydrogens (primary N) is 1. The lowest BCUT2D eigenvalue weighted by Crippen LogP contribution is -2.24. The molecule has 0 radical (unpaired) electrons. The first-order valence-electron chi connectivity index (χ1n) is 6.74. The lowest BCUT2D eigenvalue weighted by atomic mass is 10.2. The predicted octanol–water partition coefficient (Wildman–Crippen LogP) is 1.40. The average Bonchev–Trinajstić information content (AvgIpc) is 2.55. The molecular formula is C14H13N5O5S. The van der Waals surface area contributed by atoms with Crippen molar-refractivity contribution in [3.8, 4) is 0 Å². The first-order chi connectivity index (χ1) is 11.8. The van der Waals surface area contributed by atoms with Crippen LogP contribution >= 0.6 is 0 Å². The maximum Gasteiger partial charge on any atom is 0.339 e. The first kappa shape index (κ1) is 18.0. The van der Waals surface area contributed by atoms with E-state index in [2.05, 4.69) is 15.8 Å². The summed E-state index contributed by atoms with van der Waals surface area (Å²) in [4.78, 5) is 21.9. The van der Waals surface area contributed by atoms with E-state index in [1.54, 1.807) is 6.07 Å². The van der Waals surface area contributed by atoms with Gasteiger partial charge in [0.15, 0.2) is 0 Å². The average molecular weight is 363 g/mol. The summed E-state index contributed by atoms with van der Waals surface area (Å²) in [5.41, 5.74) is 2.54. The molecule has 4 N–H and O–H groups in total. The number of hydrogen-bond donors (Lipinski definition) is 3. The fraction of sp³-hybridized carbons (Fsp3) is 0. The minimum Gasteiger partial charge on any atom is -0.307 e. The van der Waals surface area contributed by atoms with Gasteiger partial charge in [0.2, 0.25) is 10.0 Å². The van der Waals surface area contributed by atoms with Crippen LogP contribution in [0, 0.1) is 10.1 Å². The number of sulfonamides is 1. The highest BCUT2D eigenvalue weighted by Crippen LogP contribution is 2.15. The number of carbonyl (C=O) groups excluding carboxylic acids is 1. The van der Waals surface area contributed by atoms with Crippen molar-refractivity contribution in [3.05, 3.63) is 64.2 Å². The number of primary sulfonamides is 1. The number of carbonyl (C=O) groups is 1. The van der Waals surface area contributed by atoms with Crippen molar-refractivity contribution >= 4 is 33.6 Å². The second-order valence-corrected chi connectivity index (χ2v) is 6.27. The van der Waals surface area contributed by atoms with Gasteiger partial charge >= 0.3 is 6.03 Å². The minimum absolute atomic E-state index is 0.0899. The van der Waals surface area contributed by atoms with E-state index < -0.39 is 21.0 Å². The van der Waals surface area contributed by atoms with Crippen LogP contribution in [-0.2, 0) is 10.0 Å². The predicted molar refractivity (Wildman–Crippen MR) is 90.7 cm³/mol. The van der Waals surface area contributed by atoms with Crippen molar-refractivity contribution in [2.75, 3.05) is 5.32 Å². The highest BCUT2D eigenvalue weighted by Gasteiger charge is 2.10. The number of amides is 2. The number of nitro groups is 1. The molecule has 0 saturated heterocycles. The van der Waals surface area contributed by atoms with E-state index >= 15 is 0 Å². The van der Waals surface area contributed by atoms with E-state index in [4.69, 9.17) is 5.14 Å². The molecule has 25 heavy (non-hydrogen) atoms. The molecule has 0 aliphatic rings. The fourth-order valence-corrected chi connectivity index (χ4v) is 2.33. The summed E-state index contributed by atoms with van der Waals surface area (Å²) < 4.78 is 22.3. The zero-order valence-corrected chi connectivity index (χ0v) is 13.4. The number of nitrogens with one attached hydrogen (secondary N) is 2. The maximum absolute atomic E-state index is 11.7. The summed E-state index contributed by atoms with van der Waals surface area (Å²) >= 11 is 0. The van der Waals surface area contributed by atoms with E-state index in [0.717, 1.165) is 6.21 Å². The van der Waals surface area contributed by atoms with Gasteiger partial charge in [-0.15, -0.1) is 0 Å². The van der Waals surface area contributed by atoms with Crippen molar-refractivity contribution in [2.24, 2.45) is 10.2 Å². The molecule has 0 fully saturated rings. The van der Waals surface area contributed by atoms with Crippen LogP contribution in [0.15, 0.2) is 58.5 Å². The van der Waals surface area contributed by atoms with Crippen LogP contribution < -0.4 is 15.9 Å². The summed E-state index contributed by atoms with van der Waals surface area (Å²) in [6.45, 7) is 0. The lowest BCUT2D eigenvalue weighted by Gasteiger charge is -2.05. The van der Waals surface area contributed by atoms with Gasteiger partial charge in [0.1, 0.15) is 0 Å². The number of nitro benzene ring substituents is 1. The summed E-state index contributed by atoms with van der Waals surface area (Å²) in [6.07, 6.45) is 1.14. The van der Waals surface area contributed by atoms with Crippen LogP contribution in [0.2, 0.25) is 0 Å². The van der Waals surface area contributed by atoms with Crippen molar-refractivity contribution in [1.29, 1.82) is 0 Å². The Bertz CT molecular complexity index is 925. The molecule has 0 spiro atoms. The number of para-hydroxylation sites is 1. The molecular weight excluding hydrogens is 350 g/mol. The molecule has 0 atom stereocenters. The van der Waals surface area contributed by atoms with E-state index in [1.807, 2.05) is 0 Å². The Morgan fingerprint density at radius 2 is 1.80 bits per heavy atom. The Morgan fingerprint density at radius 3 is 2.40 bits per heavy atom. The maximum atomic E-state index is 11.7. The van der Waals surface area contributed by atoms with Crippen LogP contribution in [0.4, 0.5) is 16.2 Å². The van der Waals surface area contributed by atoms with Crippen LogP contribution in [0.1, 0.15) is 5.56 Å². The monoisotopic (exact) mass is 363 g/mol. The molecule has 0 aliphatic heterocycles. The Balaban J connectivity index is 1.98.